The zero-order valence-corrected chi connectivity index (χ0v) is 14.9. The molecular weight excluding hydrogens is 284 g/mol. The second kappa shape index (κ2) is 5.09. The minimum absolute atomic E-state index is 0.0617. The fourth-order valence-corrected chi connectivity index (χ4v) is 7.89. The van der Waals surface area contributed by atoms with Crippen LogP contribution >= 0.6 is 24.4 Å². The summed E-state index contributed by atoms with van der Waals surface area (Å²) in [7, 11) is 0. The van der Waals surface area contributed by atoms with Crippen molar-refractivity contribution in [2.24, 2.45) is 22.2 Å². The van der Waals surface area contributed by atoms with Gasteiger partial charge in [-0.3, -0.25) is 0 Å². The molecule has 0 saturated heterocycles. The minimum atomic E-state index is -0.0617. The third-order valence-corrected chi connectivity index (χ3v) is 8.83. The normalized spacial score (nSPS) is 50.0. The molecule has 3 saturated carbocycles. The highest BCUT2D eigenvalue weighted by atomic mass is 32.2. The van der Waals surface area contributed by atoms with Gasteiger partial charge >= 0.3 is 0 Å². The molecule has 0 heterocycles. The Bertz CT molecular complexity index is 383. The maximum atomic E-state index is 10.5. The van der Waals surface area contributed by atoms with E-state index in [0.717, 1.165) is 23.3 Å². The largest absolute Gasteiger partial charge is 0.393 e. The fourth-order valence-electron chi connectivity index (χ4n) is 5.94. The molecule has 1 N–H and O–H groups in total. The molecule has 20 heavy (non-hydrogen) atoms. The second-order valence-electron chi connectivity index (χ2n) is 8.49. The Kier molecular flexibility index (Phi) is 3.96. The van der Waals surface area contributed by atoms with Crippen molar-refractivity contribution < 1.29 is 5.11 Å². The zero-order valence-electron chi connectivity index (χ0n) is 13.2. The molecule has 0 radical (unpaired) electrons. The number of thioether (sulfide) groups is 1. The number of hydrogen-bond donors (Lipinski definition) is 2. The Balaban J connectivity index is 1.92. The van der Waals surface area contributed by atoms with Gasteiger partial charge < -0.3 is 5.11 Å². The Morgan fingerprint density at radius 2 is 1.95 bits per heavy atom. The van der Waals surface area contributed by atoms with E-state index in [4.69, 9.17) is 0 Å². The first-order chi connectivity index (χ1) is 9.34. The highest BCUT2D eigenvalue weighted by Crippen LogP contribution is 2.70. The first-order valence-electron chi connectivity index (χ1n) is 8.25. The van der Waals surface area contributed by atoms with Crippen LogP contribution in [-0.4, -0.2) is 28.0 Å². The summed E-state index contributed by atoms with van der Waals surface area (Å²) in [6.45, 7) is 7.34. The van der Waals surface area contributed by atoms with Crippen molar-refractivity contribution in [3.05, 3.63) is 0 Å². The van der Waals surface area contributed by atoms with Crippen molar-refractivity contribution in [2.45, 2.75) is 70.7 Å². The van der Waals surface area contributed by atoms with Gasteiger partial charge in [0.05, 0.1) is 6.10 Å². The second-order valence-corrected chi connectivity index (χ2v) is 10.2. The molecule has 1 nitrogen and oxygen atoms in total. The van der Waals surface area contributed by atoms with E-state index in [1.165, 1.54) is 37.9 Å². The summed E-state index contributed by atoms with van der Waals surface area (Å²) in [6.07, 6.45) is 7.41. The van der Waals surface area contributed by atoms with Crippen LogP contribution in [0.2, 0.25) is 0 Å². The predicted molar refractivity (Wildman–Crippen MR) is 91.6 cm³/mol. The number of fused-ring (bicyclic) bond motifs is 1. The molecule has 0 aromatic heterocycles. The quantitative estimate of drug-likeness (QED) is 0.753. The average molecular weight is 315 g/mol. The summed E-state index contributed by atoms with van der Waals surface area (Å²) in [4.78, 5) is 0. The highest BCUT2D eigenvalue weighted by Gasteiger charge is 2.64. The van der Waals surface area contributed by atoms with E-state index in [0.29, 0.717) is 10.8 Å². The first-order valence-corrected chi connectivity index (χ1v) is 9.93. The van der Waals surface area contributed by atoms with E-state index in [2.05, 4.69) is 45.2 Å². The van der Waals surface area contributed by atoms with E-state index in [-0.39, 0.29) is 11.5 Å². The number of rotatable bonds is 3. The van der Waals surface area contributed by atoms with Crippen LogP contribution in [0.1, 0.15) is 59.3 Å². The molecule has 3 rings (SSSR count). The van der Waals surface area contributed by atoms with Crippen molar-refractivity contribution in [1.29, 1.82) is 0 Å². The van der Waals surface area contributed by atoms with Crippen LogP contribution in [-0.2, 0) is 0 Å². The number of thiol groups is 1. The number of aliphatic hydroxyl groups is 1. The van der Waals surface area contributed by atoms with Gasteiger partial charge in [0.1, 0.15) is 0 Å². The first kappa shape index (κ1) is 15.6. The Labute approximate surface area is 134 Å². The summed E-state index contributed by atoms with van der Waals surface area (Å²) in [5.74, 6) is 3.04. The highest BCUT2D eigenvalue weighted by molar-refractivity contribution is 8.00. The summed E-state index contributed by atoms with van der Waals surface area (Å²) >= 11 is 6.59. The Morgan fingerprint density at radius 1 is 1.20 bits per heavy atom. The molecule has 0 aromatic rings. The van der Waals surface area contributed by atoms with Gasteiger partial charge in [0, 0.05) is 11.0 Å². The molecular formula is C17H30OS2. The van der Waals surface area contributed by atoms with Gasteiger partial charge in [-0.15, -0.1) is 0 Å². The molecule has 3 heteroatoms. The molecule has 5 atom stereocenters. The molecule has 116 valence electrons. The minimum Gasteiger partial charge on any atom is -0.393 e. The van der Waals surface area contributed by atoms with Gasteiger partial charge in [-0.05, 0) is 66.4 Å². The summed E-state index contributed by atoms with van der Waals surface area (Å²) in [6, 6.07) is 0. The van der Waals surface area contributed by atoms with E-state index in [9.17, 15) is 5.11 Å². The summed E-state index contributed by atoms with van der Waals surface area (Å²) in [5.41, 5.74) is 1.18. The van der Waals surface area contributed by atoms with E-state index >= 15 is 0 Å². The maximum Gasteiger partial charge on any atom is 0.0594 e. The van der Waals surface area contributed by atoms with Crippen LogP contribution in [0.5, 0.6) is 0 Å². The van der Waals surface area contributed by atoms with Crippen LogP contribution in [0.25, 0.3) is 0 Å². The third-order valence-electron chi connectivity index (χ3n) is 6.83. The molecule has 0 aromatic carbocycles. The molecule has 3 fully saturated rings. The van der Waals surface area contributed by atoms with Crippen molar-refractivity contribution >= 4 is 24.4 Å². The van der Waals surface area contributed by atoms with Gasteiger partial charge in [-0.2, -0.15) is 24.4 Å². The van der Waals surface area contributed by atoms with Crippen LogP contribution in [0.3, 0.4) is 0 Å². The lowest BCUT2D eigenvalue weighted by Gasteiger charge is -2.58. The predicted octanol–water partition coefficient (Wildman–Crippen LogP) is 4.40. The van der Waals surface area contributed by atoms with Crippen molar-refractivity contribution in [2.75, 3.05) is 11.5 Å². The Hall–Kier alpha value is 0.660. The molecule has 0 aliphatic heterocycles. The van der Waals surface area contributed by atoms with Crippen LogP contribution in [0.4, 0.5) is 0 Å². The van der Waals surface area contributed by atoms with Gasteiger partial charge in [-0.1, -0.05) is 20.8 Å². The SMILES string of the molecule is CC1(C)C[C@H](SCCS)[C@]23CC[C@@H](O)[C@](C)(CC[C@@H]12)C3. The van der Waals surface area contributed by atoms with Crippen LogP contribution in [0.15, 0.2) is 0 Å². The maximum absolute atomic E-state index is 10.5. The average Bonchev–Trinajstić information content (AvgIpc) is 2.59. The number of aliphatic hydroxyl groups excluding tert-OH is 1. The smallest absolute Gasteiger partial charge is 0.0594 e. The summed E-state index contributed by atoms with van der Waals surface area (Å²) < 4.78 is 0. The molecule has 1 spiro atoms. The van der Waals surface area contributed by atoms with Crippen LogP contribution < -0.4 is 0 Å². The van der Waals surface area contributed by atoms with Gasteiger partial charge in [0.15, 0.2) is 0 Å². The zero-order chi connectivity index (χ0) is 14.6. The fraction of sp³-hybridized carbons (Fsp3) is 1.00. The topological polar surface area (TPSA) is 20.2 Å². The molecule has 2 bridgehead atoms. The monoisotopic (exact) mass is 314 g/mol. The van der Waals surface area contributed by atoms with Gasteiger partial charge in [0.25, 0.3) is 0 Å². The third kappa shape index (κ3) is 2.18. The lowest BCUT2D eigenvalue weighted by atomic mass is 9.49. The van der Waals surface area contributed by atoms with Crippen molar-refractivity contribution in [1.82, 2.24) is 0 Å². The van der Waals surface area contributed by atoms with Crippen LogP contribution in [0, 0.1) is 22.2 Å². The molecule has 0 unspecified atom stereocenters. The lowest BCUT2D eigenvalue weighted by Crippen LogP contribution is -2.53. The molecule has 0 amide bonds. The van der Waals surface area contributed by atoms with Gasteiger partial charge in [0.2, 0.25) is 0 Å². The Morgan fingerprint density at radius 3 is 2.65 bits per heavy atom. The number of hydrogen-bond acceptors (Lipinski definition) is 3. The van der Waals surface area contributed by atoms with Gasteiger partial charge in [-0.25, -0.2) is 0 Å². The molecule has 3 aliphatic carbocycles. The van der Waals surface area contributed by atoms with E-state index in [1.807, 2.05) is 0 Å². The van der Waals surface area contributed by atoms with E-state index < -0.39 is 0 Å². The molecule has 3 aliphatic rings. The van der Waals surface area contributed by atoms with E-state index in [1.54, 1.807) is 0 Å². The summed E-state index contributed by atoms with van der Waals surface area (Å²) in [5, 5.41) is 11.3. The lowest BCUT2D eigenvalue weighted by molar-refractivity contribution is -0.114. The standard InChI is InChI=1S/C17H30OS2/c1-15(2)10-14(20-9-8-19)17-7-5-13(18)16(3,11-17)6-4-12(15)17/h12-14,18-19H,4-11H2,1-3H3/t12-,13+,14-,16+,17-/m0/s1. The van der Waals surface area contributed by atoms with Crippen molar-refractivity contribution in [3.63, 3.8) is 0 Å². The van der Waals surface area contributed by atoms with Crippen molar-refractivity contribution in [3.8, 4) is 0 Å².